The highest BCUT2D eigenvalue weighted by Crippen LogP contribution is 2.47. The number of nitrogens with zero attached hydrogens (tertiary/aromatic N) is 1. The largest absolute Gasteiger partial charge is 0.444 e. The van der Waals surface area contributed by atoms with Crippen molar-refractivity contribution >= 4 is 6.09 Å². The summed E-state index contributed by atoms with van der Waals surface area (Å²) in [5, 5.41) is 0. The van der Waals surface area contributed by atoms with Gasteiger partial charge in [0.1, 0.15) is 5.60 Å². The summed E-state index contributed by atoms with van der Waals surface area (Å²) in [6, 6.07) is 10.7. The second kappa shape index (κ2) is 6.94. The predicted octanol–water partition coefficient (Wildman–Crippen LogP) is 5.22. The van der Waals surface area contributed by atoms with Gasteiger partial charge in [-0.25, -0.2) is 4.79 Å². The van der Waals surface area contributed by atoms with Crippen LogP contribution in [0.1, 0.15) is 65.4 Å². The molecule has 3 heteroatoms. The maximum absolute atomic E-state index is 12.4. The molecule has 0 spiro atoms. The molecule has 1 aromatic carbocycles. The molecule has 0 aromatic heterocycles. The lowest BCUT2D eigenvalue weighted by Crippen LogP contribution is -2.38. The van der Waals surface area contributed by atoms with Crippen LogP contribution in [-0.4, -0.2) is 29.7 Å². The van der Waals surface area contributed by atoms with Crippen LogP contribution in [0.4, 0.5) is 4.79 Å². The van der Waals surface area contributed by atoms with E-state index in [0.29, 0.717) is 5.92 Å². The van der Waals surface area contributed by atoms with Gasteiger partial charge >= 0.3 is 6.09 Å². The van der Waals surface area contributed by atoms with E-state index < -0.39 is 5.60 Å². The van der Waals surface area contributed by atoms with Gasteiger partial charge < -0.3 is 9.64 Å². The van der Waals surface area contributed by atoms with Crippen molar-refractivity contribution in [2.24, 2.45) is 5.41 Å². The molecule has 3 nitrogen and oxygen atoms in total. The van der Waals surface area contributed by atoms with E-state index in [0.717, 1.165) is 32.4 Å². The van der Waals surface area contributed by atoms with Crippen molar-refractivity contribution in [3.63, 3.8) is 0 Å². The molecule has 0 aliphatic carbocycles. The van der Waals surface area contributed by atoms with E-state index in [1.165, 1.54) is 5.56 Å². The van der Waals surface area contributed by atoms with Crippen LogP contribution >= 0.6 is 0 Å². The summed E-state index contributed by atoms with van der Waals surface area (Å²) in [6.07, 6.45) is 3.16. The number of ether oxygens (including phenoxy) is 1. The number of rotatable bonds is 4. The minimum atomic E-state index is -0.432. The molecule has 2 rings (SSSR count). The van der Waals surface area contributed by atoms with E-state index in [9.17, 15) is 4.79 Å². The number of amides is 1. The van der Waals surface area contributed by atoms with E-state index in [4.69, 9.17) is 4.74 Å². The SMILES string of the molecule is CCCC1(C(C)c2ccccc2)CCN(C(=O)OC(C)(C)C)C1. The molecular formula is C20H31NO2. The van der Waals surface area contributed by atoms with Crippen molar-refractivity contribution in [3.05, 3.63) is 35.9 Å². The van der Waals surface area contributed by atoms with Crippen LogP contribution in [0.2, 0.25) is 0 Å². The summed E-state index contributed by atoms with van der Waals surface area (Å²) in [5.74, 6) is 0.441. The molecule has 128 valence electrons. The van der Waals surface area contributed by atoms with E-state index in [1.54, 1.807) is 0 Å². The summed E-state index contributed by atoms with van der Waals surface area (Å²) >= 11 is 0. The van der Waals surface area contributed by atoms with Gasteiger partial charge in [-0.05, 0) is 50.5 Å². The van der Waals surface area contributed by atoms with Gasteiger partial charge in [-0.1, -0.05) is 50.6 Å². The summed E-state index contributed by atoms with van der Waals surface area (Å²) in [6.45, 7) is 11.9. The Morgan fingerprint density at radius 2 is 1.96 bits per heavy atom. The van der Waals surface area contributed by atoms with Gasteiger partial charge in [0, 0.05) is 13.1 Å². The quantitative estimate of drug-likeness (QED) is 0.762. The first-order valence-electron chi connectivity index (χ1n) is 8.80. The Labute approximate surface area is 141 Å². The average Bonchev–Trinajstić information content (AvgIpc) is 2.92. The van der Waals surface area contributed by atoms with Crippen LogP contribution in [0.25, 0.3) is 0 Å². The van der Waals surface area contributed by atoms with Gasteiger partial charge in [0.2, 0.25) is 0 Å². The molecule has 2 unspecified atom stereocenters. The van der Waals surface area contributed by atoms with Crippen LogP contribution in [0.3, 0.4) is 0 Å². The number of carbonyl (C=O) groups is 1. The highest BCUT2D eigenvalue weighted by molar-refractivity contribution is 5.68. The smallest absolute Gasteiger partial charge is 0.410 e. The lowest BCUT2D eigenvalue weighted by Gasteiger charge is -2.36. The zero-order valence-corrected chi connectivity index (χ0v) is 15.3. The molecule has 1 saturated heterocycles. The molecule has 0 bridgehead atoms. The van der Waals surface area contributed by atoms with E-state index in [-0.39, 0.29) is 11.5 Å². The highest BCUT2D eigenvalue weighted by Gasteiger charge is 2.44. The van der Waals surface area contributed by atoms with Crippen LogP contribution in [0, 0.1) is 5.41 Å². The Kier molecular flexibility index (Phi) is 5.38. The lowest BCUT2D eigenvalue weighted by atomic mass is 9.69. The first kappa shape index (κ1) is 17.8. The summed E-state index contributed by atoms with van der Waals surface area (Å²) < 4.78 is 5.57. The molecular weight excluding hydrogens is 286 g/mol. The summed E-state index contributed by atoms with van der Waals surface area (Å²) in [5.41, 5.74) is 1.09. The Morgan fingerprint density at radius 1 is 1.30 bits per heavy atom. The zero-order valence-electron chi connectivity index (χ0n) is 15.3. The van der Waals surface area contributed by atoms with Gasteiger partial charge in [-0.3, -0.25) is 0 Å². The topological polar surface area (TPSA) is 29.5 Å². The standard InChI is InChI=1S/C20H31NO2/c1-6-12-20(16(2)17-10-8-7-9-11-17)13-14-21(15-20)18(22)23-19(3,4)5/h7-11,16H,6,12-15H2,1-5H3. The first-order chi connectivity index (χ1) is 10.8. The molecule has 23 heavy (non-hydrogen) atoms. The third-order valence-electron chi connectivity index (χ3n) is 5.00. The minimum Gasteiger partial charge on any atom is -0.444 e. The van der Waals surface area contributed by atoms with Gasteiger partial charge in [0.05, 0.1) is 0 Å². The second-order valence-electron chi connectivity index (χ2n) is 7.90. The van der Waals surface area contributed by atoms with Gasteiger partial charge in [-0.2, -0.15) is 0 Å². The van der Waals surface area contributed by atoms with Crippen LogP contribution in [-0.2, 0) is 4.74 Å². The molecule has 1 aromatic rings. The highest BCUT2D eigenvalue weighted by atomic mass is 16.6. The fourth-order valence-corrected chi connectivity index (χ4v) is 3.75. The molecule has 1 fully saturated rings. The molecule has 1 aliphatic rings. The maximum Gasteiger partial charge on any atom is 0.410 e. The summed E-state index contributed by atoms with van der Waals surface area (Å²) in [4.78, 5) is 14.3. The van der Waals surface area contributed by atoms with E-state index in [1.807, 2.05) is 25.7 Å². The molecule has 1 amide bonds. The zero-order chi connectivity index (χ0) is 17.1. The lowest BCUT2D eigenvalue weighted by molar-refractivity contribution is 0.0264. The van der Waals surface area contributed by atoms with Crippen molar-refractivity contribution < 1.29 is 9.53 Å². The molecule has 0 saturated carbocycles. The Balaban J connectivity index is 2.15. The number of benzene rings is 1. The maximum atomic E-state index is 12.4. The molecule has 0 N–H and O–H groups in total. The van der Waals surface area contributed by atoms with Crippen molar-refractivity contribution in [1.82, 2.24) is 4.90 Å². The van der Waals surface area contributed by atoms with Gasteiger partial charge in [0.15, 0.2) is 0 Å². The Bertz CT molecular complexity index is 520. The second-order valence-corrected chi connectivity index (χ2v) is 7.90. The molecule has 0 radical (unpaired) electrons. The monoisotopic (exact) mass is 317 g/mol. The number of hydrogen-bond acceptors (Lipinski definition) is 2. The fraction of sp³-hybridized carbons (Fsp3) is 0.650. The Hall–Kier alpha value is -1.51. The number of likely N-dealkylation sites (tertiary alicyclic amines) is 1. The van der Waals surface area contributed by atoms with Crippen LogP contribution in [0.5, 0.6) is 0 Å². The third-order valence-corrected chi connectivity index (χ3v) is 5.00. The number of carbonyl (C=O) groups excluding carboxylic acids is 1. The van der Waals surface area contributed by atoms with Crippen molar-refractivity contribution in [2.75, 3.05) is 13.1 Å². The fourth-order valence-electron chi connectivity index (χ4n) is 3.75. The normalized spacial score (nSPS) is 22.9. The average molecular weight is 317 g/mol. The van der Waals surface area contributed by atoms with Crippen LogP contribution < -0.4 is 0 Å². The van der Waals surface area contributed by atoms with E-state index >= 15 is 0 Å². The molecule has 1 heterocycles. The molecule has 1 aliphatic heterocycles. The van der Waals surface area contributed by atoms with Crippen molar-refractivity contribution in [3.8, 4) is 0 Å². The van der Waals surface area contributed by atoms with Crippen molar-refractivity contribution in [2.45, 2.75) is 65.4 Å². The van der Waals surface area contributed by atoms with Gasteiger partial charge in [0.25, 0.3) is 0 Å². The van der Waals surface area contributed by atoms with E-state index in [2.05, 4.69) is 44.2 Å². The Morgan fingerprint density at radius 3 is 2.52 bits per heavy atom. The van der Waals surface area contributed by atoms with Crippen molar-refractivity contribution in [1.29, 1.82) is 0 Å². The minimum absolute atomic E-state index is 0.160. The van der Waals surface area contributed by atoms with Crippen LogP contribution in [0.15, 0.2) is 30.3 Å². The third kappa shape index (κ3) is 4.27. The molecule has 2 atom stereocenters. The number of hydrogen-bond donors (Lipinski definition) is 0. The predicted molar refractivity (Wildman–Crippen MR) is 94.6 cm³/mol. The van der Waals surface area contributed by atoms with Gasteiger partial charge in [-0.15, -0.1) is 0 Å². The first-order valence-corrected chi connectivity index (χ1v) is 8.80. The summed E-state index contributed by atoms with van der Waals surface area (Å²) in [7, 11) is 0.